The van der Waals surface area contributed by atoms with Crippen molar-refractivity contribution < 1.29 is 51.0 Å². The first-order chi connectivity index (χ1) is 9.40. The summed E-state index contributed by atoms with van der Waals surface area (Å²) < 4.78 is 0. The number of hydrogen-bond acceptors (Lipinski definition) is 0. The number of rotatable bonds is 2. The molecule has 3 rings (SSSR count). The fraction of sp³-hybridized carbons (Fsp3) is 0.579. The maximum absolute atomic E-state index is 3.62. The zero-order valence-electron chi connectivity index (χ0n) is 13.5. The van der Waals surface area contributed by atoms with E-state index in [1.54, 1.807) is 5.57 Å². The van der Waals surface area contributed by atoms with E-state index in [1.165, 1.54) is 56.9 Å². The molecule has 0 amide bonds. The van der Waals surface area contributed by atoms with Gasteiger partial charge in [-0.25, -0.2) is 29.9 Å². The van der Waals surface area contributed by atoms with Crippen molar-refractivity contribution in [2.45, 2.75) is 64.7 Å². The summed E-state index contributed by atoms with van der Waals surface area (Å²) in [7, 11) is 0. The quantitative estimate of drug-likeness (QED) is 0.430. The summed E-state index contributed by atoms with van der Waals surface area (Å²) in [4.78, 5) is 0. The molecule has 0 nitrogen and oxygen atoms in total. The predicted octanol–water partition coefficient (Wildman–Crippen LogP) is -0.262. The molecule has 0 aromatic rings. The van der Waals surface area contributed by atoms with Crippen molar-refractivity contribution in [1.82, 2.24) is 0 Å². The Labute approximate surface area is 168 Å². The average Bonchev–Trinajstić information content (AvgIpc) is 3.10. The maximum atomic E-state index is 3.62. The van der Waals surface area contributed by atoms with Crippen LogP contribution < -0.4 is 24.8 Å². The normalized spacial score (nSPS) is 19.5. The van der Waals surface area contributed by atoms with E-state index >= 15 is 0 Å². The van der Waals surface area contributed by atoms with Crippen molar-refractivity contribution >= 4 is 0 Å². The molecule has 0 aromatic heterocycles. The second kappa shape index (κ2) is 15.0. The zero-order chi connectivity index (χ0) is 13.3. The zero-order valence-corrected chi connectivity index (χ0v) is 17.5. The van der Waals surface area contributed by atoms with Gasteiger partial charge < -0.3 is 24.8 Å². The Kier molecular flexibility index (Phi) is 16.8. The second-order valence-electron chi connectivity index (χ2n) is 5.64. The van der Waals surface area contributed by atoms with Gasteiger partial charge >= 0.3 is 26.2 Å². The summed E-state index contributed by atoms with van der Waals surface area (Å²) in [5, 5.41) is 0. The largest absolute Gasteiger partial charge is 4.00 e. The van der Waals surface area contributed by atoms with E-state index < -0.39 is 0 Å². The molecule has 120 valence electrons. The van der Waals surface area contributed by atoms with Gasteiger partial charge in [0.15, 0.2) is 0 Å². The minimum Gasteiger partial charge on any atom is -1.00 e. The standard InChI is InChI=1S/C14H21.C5H5.2ClH.Zr/c1-2-12-9-10-14(11-12)13-7-5-3-4-6-8-13;1-2-4-5-3-1;;;/h10,13H,2-9H2,1H3;1-3H,4H2;2*1H;/q2*-1;;;+4/p-2. The molecule has 0 N–H and O–H groups in total. The third-order valence-corrected chi connectivity index (χ3v) is 4.20. The van der Waals surface area contributed by atoms with Crippen LogP contribution >= 0.6 is 0 Å². The summed E-state index contributed by atoms with van der Waals surface area (Å²) in [6.07, 6.45) is 27.0. The van der Waals surface area contributed by atoms with E-state index in [9.17, 15) is 0 Å². The van der Waals surface area contributed by atoms with Gasteiger partial charge in [0.05, 0.1) is 0 Å². The third-order valence-electron chi connectivity index (χ3n) is 4.20. The molecule has 1 saturated carbocycles. The maximum Gasteiger partial charge on any atom is 4.00 e. The Morgan fingerprint density at radius 1 is 1.09 bits per heavy atom. The van der Waals surface area contributed by atoms with Crippen molar-refractivity contribution in [3.8, 4) is 0 Å². The van der Waals surface area contributed by atoms with Gasteiger partial charge in [-0.3, -0.25) is 6.08 Å². The number of halogens is 2. The summed E-state index contributed by atoms with van der Waals surface area (Å²) in [5.74, 6) is 0.849. The van der Waals surface area contributed by atoms with Gasteiger partial charge in [0.25, 0.3) is 0 Å². The van der Waals surface area contributed by atoms with E-state index in [-0.39, 0.29) is 51.0 Å². The van der Waals surface area contributed by atoms with Gasteiger partial charge in [-0.2, -0.15) is 11.6 Å². The molecule has 0 bridgehead atoms. The first-order valence-corrected chi connectivity index (χ1v) is 7.93. The van der Waals surface area contributed by atoms with E-state index in [4.69, 9.17) is 0 Å². The van der Waals surface area contributed by atoms with Crippen molar-refractivity contribution in [2.75, 3.05) is 0 Å². The van der Waals surface area contributed by atoms with Crippen LogP contribution in [0.4, 0.5) is 0 Å². The molecule has 0 saturated heterocycles. The van der Waals surface area contributed by atoms with Crippen LogP contribution in [-0.4, -0.2) is 0 Å². The van der Waals surface area contributed by atoms with Crippen molar-refractivity contribution in [3.63, 3.8) is 0 Å². The SMILES string of the molecule is CCC1=[C-]C(C2CCCCCC2)=CC1.[C-]1=CC=CC1.[Cl-].[Cl-].[Zr+4]. The van der Waals surface area contributed by atoms with Crippen LogP contribution in [0.15, 0.2) is 35.5 Å². The third kappa shape index (κ3) is 8.90. The van der Waals surface area contributed by atoms with Crippen LogP contribution in [0.5, 0.6) is 0 Å². The van der Waals surface area contributed by atoms with Crippen LogP contribution in [0.3, 0.4) is 0 Å². The molecule has 3 aliphatic rings. The summed E-state index contributed by atoms with van der Waals surface area (Å²) in [6.45, 7) is 2.24. The number of hydrogen-bond donors (Lipinski definition) is 0. The minimum absolute atomic E-state index is 0. The molecule has 0 radical (unpaired) electrons. The summed E-state index contributed by atoms with van der Waals surface area (Å²) in [6, 6.07) is 0. The molecule has 0 aliphatic heterocycles. The Morgan fingerprint density at radius 2 is 1.77 bits per heavy atom. The fourth-order valence-electron chi connectivity index (χ4n) is 2.97. The topological polar surface area (TPSA) is 0 Å². The van der Waals surface area contributed by atoms with E-state index in [2.05, 4.69) is 31.2 Å². The van der Waals surface area contributed by atoms with Crippen molar-refractivity contribution in [2.24, 2.45) is 5.92 Å². The monoisotopic (exact) mass is 414 g/mol. The Morgan fingerprint density at radius 3 is 2.18 bits per heavy atom. The second-order valence-corrected chi connectivity index (χ2v) is 5.64. The van der Waals surface area contributed by atoms with E-state index in [1.807, 2.05) is 12.2 Å². The van der Waals surface area contributed by atoms with E-state index in [0.29, 0.717) is 0 Å². The number of allylic oxidation sites excluding steroid dienone is 8. The summed E-state index contributed by atoms with van der Waals surface area (Å²) in [5.41, 5.74) is 3.06. The predicted molar refractivity (Wildman–Crippen MR) is 82.5 cm³/mol. The first-order valence-electron chi connectivity index (χ1n) is 7.93. The molecule has 0 unspecified atom stereocenters. The Bertz CT molecular complexity index is 376. The van der Waals surface area contributed by atoms with E-state index in [0.717, 1.165) is 12.3 Å². The van der Waals surface area contributed by atoms with Crippen LogP contribution in [-0.2, 0) is 26.2 Å². The molecule has 0 heterocycles. The van der Waals surface area contributed by atoms with Gasteiger partial charge in [-0.15, -0.1) is 6.42 Å². The molecule has 3 aliphatic carbocycles. The Hall–Kier alpha value is 0.423. The molecular formula is C19H26Cl2Zr. The molecule has 3 heteroatoms. The molecule has 1 fully saturated rings. The molecule has 0 aromatic carbocycles. The van der Waals surface area contributed by atoms with Crippen molar-refractivity contribution in [1.29, 1.82) is 0 Å². The van der Waals surface area contributed by atoms with Gasteiger partial charge in [0.1, 0.15) is 0 Å². The van der Waals surface area contributed by atoms with Gasteiger partial charge in [0, 0.05) is 0 Å². The van der Waals surface area contributed by atoms with Crippen LogP contribution in [0.2, 0.25) is 0 Å². The van der Waals surface area contributed by atoms with Gasteiger partial charge in [-0.1, -0.05) is 45.4 Å². The first kappa shape index (κ1) is 24.7. The fourth-order valence-corrected chi connectivity index (χ4v) is 2.97. The molecular weight excluding hydrogens is 390 g/mol. The molecule has 22 heavy (non-hydrogen) atoms. The smallest absolute Gasteiger partial charge is 1.00 e. The van der Waals surface area contributed by atoms with Crippen LogP contribution in [0.1, 0.15) is 64.7 Å². The Balaban J connectivity index is 0. The average molecular weight is 417 g/mol. The van der Waals surface area contributed by atoms with Crippen molar-refractivity contribution in [3.05, 3.63) is 47.6 Å². The van der Waals surface area contributed by atoms with Crippen LogP contribution in [0.25, 0.3) is 0 Å². The molecule has 0 atom stereocenters. The van der Waals surface area contributed by atoms with Gasteiger partial charge in [-0.05, 0) is 18.8 Å². The molecule has 0 spiro atoms. The minimum atomic E-state index is 0. The van der Waals surface area contributed by atoms with Crippen LogP contribution in [0, 0.1) is 18.1 Å². The summed E-state index contributed by atoms with van der Waals surface area (Å²) >= 11 is 0. The van der Waals surface area contributed by atoms with Gasteiger partial charge in [0.2, 0.25) is 0 Å².